The fourth-order valence-electron chi connectivity index (χ4n) is 3.62. The number of aromatic nitrogens is 1. The molecule has 1 aromatic rings. The Balaban J connectivity index is 2.47. The zero-order valence-corrected chi connectivity index (χ0v) is 11.9. The topological polar surface area (TPSA) is 7.94 Å². The van der Waals surface area contributed by atoms with Crippen molar-refractivity contribution in [2.45, 2.75) is 34.6 Å². The minimum absolute atomic E-state index is 0.619. The third kappa shape index (κ3) is 1.33. The van der Waals surface area contributed by atoms with Crippen molar-refractivity contribution in [3.8, 4) is 0 Å². The average molecular weight is 262 g/mol. The highest BCUT2D eigenvalue weighted by molar-refractivity contribution is 6.58. The van der Waals surface area contributed by atoms with Gasteiger partial charge in [-0.2, -0.15) is 0 Å². The summed E-state index contributed by atoms with van der Waals surface area (Å²) < 4.78 is 32.2. The van der Waals surface area contributed by atoms with Crippen LogP contribution in [0, 0.1) is 13.8 Å². The molecule has 0 aromatic carbocycles. The Kier molecular flexibility index (Phi) is 2.26. The fourth-order valence-corrected chi connectivity index (χ4v) is 3.62. The van der Waals surface area contributed by atoms with Crippen molar-refractivity contribution < 1.29 is 13.1 Å². The minimum Gasteiger partial charge on any atom is -0.394 e. The van der Waals surface area contributed by atoms with Crippen LogP contribution in [0.15, 0.2) is 23.4 Å². The highest BCUT2D eigenvalue weighted by Gasteiger charge is 2.54. The van der Waals surface area contributed by atoms with E-state index in [1.807, 2.05) is 32.9 Å². The molecule has 0 spiro atoms. The van der Waals surface area contributed by atoms with Crippen LogP contribution in [0.3, 0.4) is 0 Å². The van der Waals surface area contributed by atoms with Crippen LogP contribution in [-0.4, -0.2) is 21.6 Å². The lowest BCUT2D eigenvalue weighted by atomic mass is 9.86. The number of hydrogen-bond acceptors (Lipinski definition) is 0. The standard InChI is InChI=1S/C14H17BF2N2/c1-8-6-10(3)18-13(8)12(5)14-9(2)7-11(4)19(14)15(18,16)17/h6-7H,1-5H3. The van der Waals surface area contributed by atoms with Crippen molar-refractivity contribution in [2.75, 3.05) is 0 Å². The lowest BCUT2D eigenvalue weighted by molar-refractivity contribution is -0.363. The Hall–Kier alpha value is -1.65. The first-order valence-corrected chi connectivity index (χ1v) is 6.50. The van der Waals surface area contributed by atoms with Gasteiger partial charge in [-0.15, -0.1) is 0 Å². The lowest BCUT2D eigenvalue weighted by Gasteiger charge is -2.33. The second-order valence-electron chi connectivity index (χ2n) is 5.59. The number of allylic oxidation sites excluding steroid dienone is 3. The monoisotopic (exact) mass is 262 g/mol. The lowest BCUT2D eigenvalue weighted by Crippen LogP contribution is -2.51. The first kappa shape index (κ1) is 12.4. The summed E-state index contributed by atoms with van der Waals surface area (Å²) in [5, 5.41) is 0. The molecule has 0 fully saturated rings. The quantitative estimate of drug-likeness (QED) is 0.632. The largest absolute Gasteiger partial charge is 0.737 e. The number of hydrogen-bond donors (Lipinski definition) is 0. The second-order valence-corrected chi connectivity index (χ2v) is 5.59. The zero-order chi connectivity index (χ0) is 14.1. The van der Waals surface area contributed by atoms with E-state index >= 15 is 0 Å². The average Bonchev–Trinajstić information content (AvgIpc) is 2.74. The van der Waals surface area contributed by atoms with Crippen LogP contribution in [0.25, 0.3) is 5.57 Å². The van der Waals surface area contributed by atoms with E-state index in [1.165, 1.54) is 8.96 Å². The van der Waals surface area contributed by atoms with E-state index in [0.717, 1.165) is 16.7 Å². The predicted octanol–water partition coefficient (Wildman–Crippen LogP) is 3.51. The van der Waals surface area contributed by atoms with Crippen molar-refractivity contribution in [3.05, 3.63) is 40.4 Å². The predicted molar refractivity (Wildman–Crippen MR) is 74.6 cm³/mol. The van der Waals surface area contributed by atoms with Gasteiger partial charge in [0.05, 0.1) is 0 Å². The van der Waals surface area contributed by atoms with Gasteiger partial charge in [0.25, 0.3) is 0 Å². The highest BCUT2D eigenvalue weighted by atomic mass is 19.2. The summed E-state index contributed by atoms with van der Waals surface area (Å²) in [7, 11) is 0. The Morgan fingerprint density at radius 1 is 1.11 bits per heavy atom. The molecule has 2 aliphatic heterocycles. The number of halogens is 2. The summed E-state index contributed by atoms with van der Waals surface area (Å²) in [6, 6.07) is 1.84. The van der Waals surface area contributed by atoms with Gasteiger partial charge in [0, 0.05) is 29.8 Å². The van der Waals surface area contributed by atoms with Crippen LogP contribution in [0.1, 0.15) is 37.7 Å². The van der Waals surface area contributed by atoms with E-state index in [-0.39, 0.29) is 0 Å². The number of fused-ring (bicyclic) bond motifs is 2. The van der Waals surface area contributed by atoms with Gasteiger partial charge < -0.3 is 17.6 Å². The van der Waals surface area contributed by atoms with Crippen LogP contribution >= 0.6 is 0 Å². The molecule has 0 atom stereocenters. The Morgan fingerprint density at radius 2 is 1.74 bits per heavy atom. The summed E-state index contributed by atoms with van der Waals surface area (Å²) in [6.45, 7) is 5.43. The van der Waals surface area contributed by atoms with Crippen LogP contribution in [-0.2, 0) is 0 Å². The Bertz CT molecular complexity index is 705. The van der Waals surface area contributed by atoms with Crippen LogP contribution < -0.4 is 0 Å². The van der Waals surface area contributed by atoms with Gasteiger partial charge in [-0.3, -0.25) is 0 Å². The molecule has 3 heterocycles. The van der Waals surface area contributed by atoms with Gasteiger partial charge in [-0.25, -0.2) is 0 Å². The molecular formula is C14H17BF2N2. The van der Waals surface area contributed by atoms with E-state index in [0.29, 0.717) is 22.8 Å². The second kappa shape index (κ2) is 3.47. The third-order valence-corrected chi connectivity index (χ3v) is 4.17. The molecule has 0 radical (unpaired) electrons. The van der Waals surface area contributed by atoms with Crippen molar-refractivity contribution in [1.29, 1.82) is 0 Å². The maximum absolute atomic E-state index is 14.9. The fraction of sp³-hybridized carbons (Fsp3) is 0.357. The van der Waals surface area contributed by atoms with Gasteiger partial charge in [0.2, 0.25) is 0 Å². The van der Waals surface area contributed by atoms with Crippen molar-refractivity contribution in [1.82, 2.24) is 4.48 Å². The summed E-state index contributed by atoms with van der Waals surface area (Å²) in [6.07, 6.45) is 1.84. The normalized spacial score (nSPS) is 20.7. The first-order valence-electron chi connectivity index (χ1n) is 6.50. The molecule has 2 aliphatic rings. The number of aryl methyl sites for hydroxylation is 2. The van der Waals surface area contributed by atoms with Crippen molar-refractivity contribution >= 4 is 18.3 Å². The summed E-state index contributed by atoms with van der Waals surface area (Å²) in [4.78, 5) is 0. The maximum atomic E-state index is 14.9. The SMILES string of the molecule is CC1=CC(C)=[N+]2C1=C(C)c1c(C)cc(C)n1[B-]2(F)F. The zero-order valence-electron chi connectivity index (χ0n) is 11.9. The summed E-state index contributed by atoms with van der Waals surface area (Å²) in [5.41, 5.74) is 5.36. The molecule has 2 nitrogen and oxygen atoms in total. The van der Waals surface area contributed by atoms with E-state index in [2.05, 4.69) is 0 Å². The molecule has 3 rings (SSSR count). The molecule has 5 heteroatoms. The van der Waals surface area contributed by atoms with E-state index in [1.54, 1.807) is 13.8 Å². The Morgan fingerprint density at radius 3 is 2.37 bits per heavy atom. The molecule has 0 aliphatic carbocycles. The summed E-state index contributed by atoms with van der Waals surface area (Å²) >= 11 is 0. The molecule has 0 unspecified atom stereocenters. The van der Waals surface area contributed by atoms with Crippen LogP contribution in [0.5, 0.6) is 0 Å². The molecule has 0 N–H and O–H groups in total. The van der Waals surface area contributed by atoms with Gasteiger partial charge in [-0.05, 0) is 45.0 Å². The summed E-state index contributed by atoms with van der Waals surface area (Å²) in [5.74, 6) is 0. The molecule has 1 aromatic heterocycles. The van der Waals surface area contributed by atoms with Crippen LogP contribution in [0.4, 0.5) is 8.63 Å². The molecule has 100 valence electrons. The molecule has 0 amide bonds. The highest BCUT2D eigenvalue weighted by Crippen LogP contribution is 2.40. The Labute approximate surface area is 111 Å². The maximum Gasteiger partial charge on any atom is 0.737 e. The first-order chi connectivity index (χ1) is 8.76. The minimum atomic E-state index is -3.79. The molecule has 0 bridgehead atoms. The molecule has 0 saturated carbocycles. The van der Waals surface area contributed by atoms with Gasteiger partial charge in [-0.1, -0.05) is 0 Å². The van der Waals surface area contributed by atoms with Gasteiger partial charge in [0.15, 0.2) is 5.70 Å². The van der Waals surface area contributed by atoms with Gasteiger partial charge in [0.1, 0.15) is 5.71 Å². The van der Waals surface area contributed by atoms with Crippen molar-refractivity contribution in [2.24, 2.45) is 0 Å². The smallest absolute Gasteiger partial charge is 0.394 e. The van der Waals surface area contributed by atoms with E-state index in [9.17, 15) is 8.63 Å². The van der Waals surface area contributed by atoms with E-state index in [4.69, 9.17) is 0 Å². The van der Waals surface area contributed by atoms with Gasteiger partial charge >= 0.3 is 6.97 Å². The van der Waals surface area contributed by atoms with Crippen LogP contribution in [0.2, 0.25) is 0 Å². The van der Waals surface area contributed by atoms with E-state index < -0.39 is 6.97 Å². The molecule has 0 saturated heterocycles. The molecular weight excluding hydrogens is 245 g/mol. The van der Waals surface area contributed by atoms with Crippen molar-refractivity contribution in [3.63, 3.8) is 0 Å². The molecule has 19 heavy (non-hydrogen) atoms. The third-order valence-electron chi connectivity index (χ3n) is 4.17. The number of rotatable bonds is 0. The number of nitrogens with zero attached hydrogens (tertiary/aromatic N) is 2.